The molecule has 21 heavy (non-hydrogen) atoms. The lowest BCUT2D eigenvalue weighted by atomic mass is 10.2. The Morgan fingerprint density at radius 1 is 1.29 bits per heavy atom. The van der Waals surface area contributed by atoms with E-state index >= 15 is 0 Å². The highest BCUT2D eigenvalue weighted by molar-refractivity contribution is 5.93. The monoisotopic (exact) mass is 289 g/mol. The maximum atomic E-state index is 13.5. The van der Waals surface area contributed by atoms with Gasteiger partial charge in [-0.05, 0) is 44.5 Å². The third kappa shape index (κ3) is 3.34. The molecular weight excluding hydrogens is 273 g/mol. The number of rotatable bonds is 3. The van der Waals surface area contributed by atoms with Crippen LogP contribution in [0, 0.1) is 19.7 Å². The zero-order valence-electron chi connectivity index (χ0n) is 12.1. The molecule has 2 rings (SSSR count). The lowest BCUT2D eigenvalue weighted by molar-refractivity contribution is -0.119. The van der Waals surface area contributed by atoms with Crippen molar-refractivity contribution in [2.45, 2.75) is 26.8 Å². The second kappa shape index (κ2) is 5.87. The van der Waals surface area contributed by atoms with Gasteiger partial charge in [0.05, 0.1) is 5.69 Å². The van der Waals surface area contributed by atoms with Crippen molar-refractivity contribution in [2.75, 3.05) is 5.32 Å². The van der Waals surface area contributed by atoms with Crippen LogP contribution in [-0.2, 0) is 4.79 Å². The Kier molecular flexibility index (Phi) is 4.16. The minimum Gasteiger partial charge on any atom is -0.324 e. The largest absolute Gasteiger partial charge is 0.324 e. The Morgan fingerprint density at radius 2 is 2.00 bits per heavy atom. The zero-order chi connectivity index (χ0) is 15.6. The summed E-state index contributed by atoms with van der Waals surface area (Å²) in [6.45, 7) is 4.93. The van der Waals surface area contributed by atoms with E-state index in [1.54, 1.807) is 39.0 Å². The fourth-order valence-electron chi connectivity index (χ4n) is 1.83. The van der Waals surface area contributed by atoms with Gasteiger partial charge in [-0.15, -0.1) is 0 Å². The van der Waals surface area contributed by atoms with E-state index < -0.39 is 17.8 Å². The quantitative estimate of drug-likeness (QED) is 0.942. The molecule has 0 aliphatic carbocycles. The Labute approximate surface area is 121 Å². The molecule has 0 spiro atoms. The normalized spacial score (nSPS) is 12.0. The summed E-state index contributed by atoms with van der Waals surface area (Å²) in [5, 5.41) is 6.61. The van der Waals surface area contributed by atoms with Crippen molar-refractivity contribution in [3.05, 3.63) is 57.8 Å². The summed E-state index contributed by atoms with van der Waals surface area (Å²) in [5.41, 5.74) is 1.11. The van der Waals surface area contributed by atoms with E-state index in [4.69, 9.17) is 0 Å². The molecule has 1 amide bonds. The zero-order valence-corrected chi connectivity index (χ0v) is 12.1. The van der Waals surface area contributed by atoms with Crippen LogP contribution in [0.2, 0.25) is 0 Å². The Bertz CT molecular complexity index is 740. The number of amides is 1. The van der Waals surface area contributed by atoms with Crippen LogP contribution < -0.4 is 10.9 Å². The third-order valence-corrected chi connectivity index (χ3v) is 3.14. The van der Waals surface area contributed by atoms with Gasteiger partial charge in [0, 0.05) is 11.8 Å². The molecule has 0 saturated carbocycles. The van der Waals surface area contributed by atoms with E-state index in [0.29, 0.717) is 16.9 Å². The molecule has 0 radical (unpaired) electrons. The van der Waals surface area contributed by atoms with Gasteiger partial charge in [0.2, 0.25) is 5.91 Å². The summed E-state index contributed by atoms with van der Waals surface area (Å²) in [4.78, 5) is 23.9. The molecule has 1 aromatic heterocycles. The van der Waals surface area contributed by atoms with Crippen LogP contribution >= 0.6 is 0 Å². The summed E-state index contributed by atoms with van der Waals surface area (Å²) < 4.78 is 14.6. The lowest BCUT2D eigenvalue weighted by Crippen LogP contribution is -2.33. The van der Waals surface area contributed by atoms with Crippen molar-refractivity contribution in [3.63, 3.8) is 0 Å². The maximum Gasteiger partial charge on any atom is 0.267 e. The number of aromatic nitrogens is 2. The van der Waals surface area contributed by atoms with Gasteiger partial charge in [-0.25, -0.2) is 9.07 Å². The number of anilines is 1. The molecule has 2 aromatic rings. The van der Waals surface area contributed by atoms with Crippen LogP contribution in [0.3, 0.4) is 0 Å². The highest BCUT2D eigenvalue weighted by Gasteiger charge is 2.17. The number of carbonyl (C=O) groups excluding carboxylic acids is 1. The number of benzene rings is 1. The van der Waals surface area contributed by atoms with Gasteiger partial charge in [-0.1, -0.05) is 6.07 Å². The van der Waals surface area contributed by atoms with Crippen LogP contribution in [-0.4, -0.2) is 15.7 Å². The predicted octanol–water partition coefficient (Wildman–Crippen LogP) is 2.20. The Morgan fingerprint density at radius 3 is 2.67 bits per heavy atom. The molecule has 1 heterocycles. The number of carbonyl (C=O) groups is 1. The minimum absolute atomic E-state index is 0.343. The standard InChI is InChI=1S/C15H16FN3O2/c1-9-4-6-12(8-13(9)16)17-15(21)11(3)19-14(20)7-5-10(2)18-19/h4-8,11H,1-3H3,(H,17,21). The number of halogens is 1. The van der Waals surface area contributed by atoms with E-state index in [0.717, 1.165) is 4.68 Å². The first-order chi connectivity index (χ1) is 9.88. The van der Waals surface area contributed by atoms with Crippen LogP contribution in [0.25, 0.3) is 0 Å². The first kappa shape index (κ1) is 14.9. The molecule has 1 aromatic carbocycles. The SMILES string of the molecule is Cc1ccc(=O)n(C(C)C(=O)Nc2ccc(C)c(F)c2)n1. The molecular formula is C15H16FN3O2. The van der Waals surface area contributed by atoms with Gasteiger partial charge < -0.3 is 5.32 Å². The number of hydrogen-bond acceptors (Lipinski definition) is 3. The van der Waals surface area contributed by atoms with Gasteiger partial charge in [0.15, 0.2) is 0 Å². The number of aryl methyl sites for hydroxylation is 2. The molecule has 110 valence electrons. The fraction of sp³-hybridized carbons (Fsp3) is 0.267. The van der Waals surface area contributed by atoms with Crippen molar-refractivity contribution < 1.29 is 9.18 Å². The first-order valence-electron chi connectivity index (χ1n) is 6.52. The number of nitrogens with zero attached hydrogens (tertiary/aromatic N) is 2. The number of nitrogens with one attached hydrogen (secondary N) is 1. The lowest BCUT2D eigenvalue weighted by Gasteiger charge is -2.14. The topological polar surface area (TPSA) is 64.0 Å². The molecule has 6 heteroatoms. The van der Waals surface area contributed by atoms with Crippen LogP contribution in [0.4, 0.5) is 10.1 Å². The highest BCUT2D eigenvalue weighted by atomic mass is 19.1. The van der Waals surface area contributed by atoms with Gasteiger partial charge in [0.25, 0.3) is 5.56 Å². The van der Waals surface area contributed by atoms with Crippen LogP contribution in [0.1, 0.15) is 24.2 Å². The van der Waals surface area contributed by atoms with Gasteiger partial charge in [-0.2, -0.15) is 5.10 Å². The van der Waals surface area contributed by atoms with Crippen molar-refractivity contribution >= 4 is 11.6 Å². The minimum atomic E-state index is -0.790. The number of hydrogen-bond donors (Lipinski definition) is 1. The molecule has 0 fully saturated rings. The van der Waals surface area contributed by atoms with Gasteiger partial charge in [0.1, 0.15) is 11.9 Å². The highest BCUT2D eigenvalue weighted by Crippen LogP contribution is 2.15. The predicted molar refractivity (Wildman–Crippen MR) is 77.7 cm³/mol. The van der Waals surface area contributed by atoms with E-state index in [-0.39, 0.29) is 5.56 Å². The maximum absolute atomic E-state index is 13.5. The first-order valence-corrected chi connectivity index (χ1v) is 6.52. The summed E-state index contributed by atoms with van der Waals surface area (Å²) in [6, 6.07) is 6.58. The molecule has 1 atom stereocenters. The molecule has 0 aliphatic rings. The average Bonchev–Trinajstić information content (AvgIpc) is 2.44. The molecule has 0 bridgehead atoms. The summed E-state index contributed by atoms with van der Waals surface area (Å²) in [7, 11) is 0. The van der Waals surface area contributed by atoms with Crippen molar-refractivity contribution in [2.24, 2.45) is 0 Å². The van der Waals surface area contributed by atoms with Crippen molar-refractivity contribution in [1.82, 2.24) is 9.78 Å². The smallest absolute Gasteiger partial charge is 0.267 e. The summed E-state index contributed by atoms with van der Waals surface area (Å²) >= 11 is 0. The third-order valence-electron chi connectivity index (χ3n) is 3.14. The van der Waals surface area contributed by atoms with Gasteiger partial charge >= 0.3 is 0 Å². The fourth-order valence-corrected chi connectivity index (χ4v) is 1.83. The second-order valence-electron chi connectivity index (χ2n) is 4.89. The van der Waals surface area contributed by atoms with E-state index in [9.17, 15) is 14.0 Å². The molecule has 5 nitrogen and oxygen atoms in total. The summed E-state index contributed by atoms with van der Waals surface area (Å²) in [6.07, 6.45) is 0. The Hall–Kier alpha value is -2.50. The molecule has 1 N–H and O–H groups in total. The molecule has 1 unspecified atom stereocenters. The molecule has 0 aliphatic heterocycles. The van der Waals surface area contributed by atoms with Crippen molar-refractivity contribution in [3.8, 4) is 0 Å². The van der Waals surface area contributed by atoms with E-state index in [1.807, 2.05) is 0 Å². The van der Waals surface area contributed by atoms with E-state index in [1.165, 1.54) is 12.1 Å². The Balaban J connectivity index is 2.21. The van der Waals surface area contributed by atoms with Crippen LogP contribution in [0.15, 0.2) is 35.1 Å². The second-order valence-corrected chi connectivity index (χ2v) is 4.89. The van der Waals surface area contributed by atoms with Crippen molar-refractivity contribution in [1.29, 1.82) is 0 Å². The van der Waals surface area contributed by atoms with E-state index in [2.05, 4.69) is 10.4 Å². The van der Waals surface area contributed by atoms with Gasteiger partial charge in [-0.3, -0.25) is 9.59 Å². The average molecular weight is 289 g/mol. The molecule has 0 saturated heterocycles. The van der Waals surface area contributed by atoms with Crippen LogP contribution in [0.5, 0.6) is 0 Å². The summed E-state index contributed by atoms with van der Waals surface area (Å²) in [5.74, 6) is -0.829.